The summed E-state index contributed by atoms with van der Waals surface area (Å²) in [4.78, 5) is 74.5. The number of piperazine rings is 1. The molecule has 2 aromatic carbocycles. The smallest absolute Gasteiger partial charge is 0.410 e. The van der Waals surface area contributed by atoms with Crippen molar-refractivity contribution in [1.82, 2.24) is 35.0 Å². The highest BCUT2D eigenvalue weighted by Gasteiger charge is 2.39. The van der Waals surface area contributed by atoms with Gasteiger partial charge in [-0.3, -0.25) is 24.1 Å². The van der Waals surface area contributed by atoms with Crippen molar-refractivity contribution in [3.63, 3.8) is 0 Å². The molecule has 2 aliphatic rings. The topological polar surface area (TPSA) is 305 Å². The van der Waals surface area contributed by atoms with E-state index in [2.05, 4.69) is 72.7 Å². The van der Waals surface area contributed by atoms with Crippen LogP contribution in [0.3, 0.4) is 0 Å². The molecule has 2 unspecified atom stereocenters. The lowest BCUT2D eigenvalue weighted by molar-refractivity contribution is -0.241. The summed E-state index contributed by atoms with van der Waals surface area (Å²) in [5.41, 5.74) is 11.8. The van der Waals surface area contributed by atoms with Crippen LogP contribution in [0.2, 0.25) is 0 Å². The van der Waals surface area contributed by atoms with Gasteiger partial charge in [0.15, 0.2) is 5.82 Å². The Labute approximate surface area is 405 Å². The number of aliphatic carboxylic acids is 1. The minimum atomic E-state index is -1.62. The number of aliphatic hydroxyl groups excluding tert-OH is 3. The van der Waals surface area contributed by atoms with Crippen molar-refractivity contribution >= 4 is 58.3 Å². The number of nitrogens with zero attached hydrogens (tertiary/aromatic N) is 5. The van der Waals surface area contributed by atoms with Crippen molar-refractivity contribution < 1.29 is 58.6 Å². The zero-order valence-corrected chi connectivity index (χ0v) is 39.9. The monoisotopic (exact) mass is 974 g/mol. The number of anilines is 3. The first-order valence-electron chi connectivity index (χ1n) is 23.7. The summed E-state index contributed by atoms with van der Waals surface area (Å²) >= 11 is 0. The molecule has 6 rings (SSSR count). The van der Waals surface area contributed by atoms with Gasteiger partial charge in [0.2, 0.25) is 30.0 Å². The van der Waals surface area contributed by atoms with Gasteiger partial charge in [0.25, 0.3) is 0 Å². The maximum Gasteiger partial charge on any atom is 0.410 e. The fourth-order valence-electron chi connectivity index (χ4n) is 8.01. The molecule has 70 heavy (non-hydrogen) atoms. The number of carboxylic acid groups (broad SMARTS) is 1. The van der Waals surface area contributed by atoms with Crippen LogP contribution in [-0.2, 0) is 48.3 Å². The minimum Gasteiger partial charge on any atom is -0.481 e. The number of nitrogens with one attached hydrogen (secondary N) is 4. The van der Waals surface area contributed by atoms with Crippen LogP contribution in [0, 0.1) is 12.8 Å². The van der Waals surface area contributed by atoms with Crippen molar-refractivity contribution in [2.24, 2.45) is 5.92 Å². The van der Waals surface area contributed by atoms with E-state index in [4.69, 9.17) is 25.1 Å². The zero-order chi connectivity index (χ0) is 50.3. The lowest BCUT2D eigenvalue weighted by Crippen LogP contribution is -2.54. The van der Waals surface area contributed by atoms with E-state index in [1.54, 1.807) is 11.0 Å². The number of carbonyl (C=O) groups excluding carboxylic acids is 4. The number of carbonyl (C=O) groups is 5. The zero-order valence-electron chi connectivity index (χ0n) is 39.9. The van der Waals surface area contributed by atoms with Gasteiger partial charge in [-0.2, -0.15) is 4.98 Å². The predicted molar refractivity (Wildman–Crippen MR) is 257 cm³/mol. The molecule has 0 saturated carbocycles. The van der Waals surface area contributed by atoms with Crippen LogP contribution >= 0.6 is 0 Å². The number of amides is 4. The lowest BCUT2D eigenvalue weighted by atomic mass is 10.0. The Morgan fingerprint density at radius 3 is 2.33 bits per heavy atom. The number of fused-ring (bicyclic) bond motifs is 1. The molecule has 4 aromatic rings. The van der Waals surface area contributed by atoms with Gasteiger partial charge in [0, 0.05) is 84.4 Å². The molecule has 2 saturated heterocycles. The van der Waals surface area contributed by atoms with Crippen LogP contribution in [0.4, 0.5) is 22.2 Å². The molecule has 22 nitrogen and oxygen atoms in total. The third-order valence-corrected chi connectivity index (χ3v) is 12.1. The average molecular weight is 975 g/mol. The Balaban J connectivity index is 0.986. The predicted octanol–water partition coefficient (Wildman–Crippen LogP) is 2.31. The van der Waals surface area contributed by atoms with Crippen LogP contribution in [0.25, 0.3) is 11.0 Å². The molecule has 0 bridgehead atoms. The highest BCUT2D eigenvalue weighted by molar-refractivity contribution is 5.93. The Hall–Kier alpha value is -6.59. The number of aromatic nitrogens is 3. The molecular weight excluding hydrogens is 909 g/mol. The number of aliphatic hydroxyl groups is 3. The molecule has 2 aromatic heterocycles. The summed E-state index contributed by atoms with van der Waals surface area (Å²) in [5.74, 6) is -2.43. The first-order chi connectivity index (χ1) is 33.6. The third kappa shape index (κ3) is 15.0. The average Bonchev–Trinajstić information content (AvgIpc) is 3.73. The quantitative estimate of drug-likeness (QED) is 0.0482. The molecule has 380 valence electrons. The van der Waals surface area contributed by atoms with Gasteiger partial charge in [0.1, 0.15) is 36.2 Å². The molecule has 0 spiro atoms. The van der Waals surface area contributed by atoms with E-state index in [0.717, 1.165) is 53.8 Å². The standard InChI is InChI=1S/C48H66N10O12/c1-4-5-6-14-52-44-41-34(54-47(49)55-44)13-17-58(41)26-33-9-7-31(22-29(33)2)25-56-18-20-57(21-19-56)48(67)69-27-32-8-10-37(70-46-43(64)42(63)36(59)28-68-46)35(24-32)53-39(61)12-16-50-38(60)11-15-51-40(62)23-30(3)45(65)66/h7-10,13,17,22,24,30,36,42-43,46,59,63-64H,4-6,11-12,14-16,18-21,23,25-28H2,1-3H3,(H,50,60)(H,51,62)(H,53,61)(H,65,66)(H3,49,52,54,55)/t30?,36-,42+,43-,46?/m0/s1. The van der Waals surface area contributed by atoms with Gasteiger partial charge in [0.05, 0.1) is 23.7 Å². The number of hydrogen-bond acceptors (Lipinski definition) is 16. The molecule has 5 atom stereocenters. The lowest BCUT2D eigenvalue weighted by Gasteiger charge is -2.35. The number of nitrogen functional groups attached to an aromatic ring is 1. The number of aryl methyl sites for hydroxylation is 1. The van der Waals surface area contributed by atoms with Gasteiger partial charge in [-0.1, -0.05) is 51.0 Å². The van der Waals surface area contributed by atoms with Gasteiger partial charge in [-0.25, -0.2) is 9.78 Å². The summed E-state index contributed by atoms with van der Waals surface area (Å²) in [5, 5.41) is 50.8. The largest absolute Gasteiger partial charge is 0.481 e. The highest BCUT2D eigenvalue weighted by atomic mass is 16.7. The Kier molecular flexibility index (Phi) is 19.1. The van der Waals surface area contributed by atoms with Crippen molar-refractivity contribution in [2.45, 2.75) is 104 Å². The van der Waals surface area contributed by atoms with Gasteiger partial charge >= 0.3 is 12.1 Å². The van der Waals surface area contributed by atoms with Gasteiger partial charge in [-0.15, -0.1) is 0 Å². The second kappa shape index (κ2) is 25.3. The van der Waals surface area contributed by atoms with E-state index in [9.17, 15) is 39.3 Å². The van der Waals surface area contributed by atoms with Crippen molar-refractivity contribution in [3.8, 4) is 5.75 Å². The number of hydrogen-bond donors (Lipinski definition) is 9. The fraction of sp³-hybridized carbons (Fsp3) is 0.521. The van der Waals surface area contributed by atoms with Crippen molar-refractivity contribution in [1.29, 1.82) is 0 Å². The molecule has 0 aliphatic carbocycles. The number of benzene rings is 2. The number of nitrogens with two attached hydrogens (primary N) is 1. The summed E-state index contributed by atoms with van der Waals surface area (Å²) in [7, 11) is 0. The first kappa shape index (κ1) is 52.8. The SMILES string of the molecule is CCCCCNc1nc(N)nc2ccn(Cc3ccc(CN4CCN(C(=O)OCc5ccc(OC6OC[C@H](O)[C@@H](O)[C@@H]6O)c(NC(=O)CCNC(=O)CCNC(=O)CC(C)C(=O)O)c5)CC4)cc3C)c12. The molecule has 2 fully saturated rings. The maximum absolute atomic E-state index is 13.3. The first-order valence-corrected chi connectivity index (χ1v) is 23.7. The summed E-state index contributed by atoms with van der Waals surface area (Å²) in [6.45, 7) is 9.47. The van der Waals surface area contributed by atoms with E-state index in [-0.39, 0.29) is 63.0 Å². The molecule has 22 heteroatoms. The Bertz CT molecular complexity index is 2440. The van der Waals surface area contributed by atoms with E-state index < -0.39 is 60.3 Å². The number of carboxylic acids is 1. The van der Waals surface area contributed by atoms with Crippen LogP contribution in [-0.4, -0.2) is 152 Å². The van der Waals surface area contributed by atoms with Crippen LogP contribution < -0.4 is 31.7 Å². The van der Waals surface area contributed by atoms with Gasteiger partial charge in [-0.05, 0) is 53.8 Å². The second-order valence-electron chi connectivity index (χ2n) is 17.7. The Morgan fingerprint density at radius 2 is 1.60 bits per heavy atom. The van der Waals surface area contributed by atoms with Crippen molar-refractivity contribution in [3.05, 3.63) is 70.9 Å². The second-order valence-corrected chi connectivity index (χ2v) is 17.7. The highest BCUT2D eigenvalue weighted by Crippen LogP contribution is 2.31. The number of unbranched alkanes of at least 4 members (excludes halogenated alkanes) is 2. The number of ether oxygens (including phenoxy) is 3. The molecule has 4 heterocycles. The summed E-state index contributed by atoms with van der Waals surface area (Å²) < 4.78 is 19.1. The summed E-state index contributed by atoms with van der Waals surface area (Å²) in [6.07, 6.45) is -1.57. The molecule has 4 amide bonds. The van der Waals surface area contributed by atoms with Gasteiger partial charge < -0.3 is 71.1 Å². The van der Waals surface area contributed by atoms with E-state index in [0.29, 0.717) is 44.8 Å². The number of rotatable bonds is 23. The van der Waals surface area contributed by atoms with E-state index in [1.165, 1.54) is 24.6 Å². The van der Waals surface area contributed by atoms with E-state index >= 15 is 0 Å². The molecule has 2 aliphatic heterocycles. The molecule has 0 radical (unpaired) electrons. The minimum absolute atomic E-state index is 0.0185. The summed E-state index contributed by atoms with van der Waals surface area (Å²) in [6, 6.07) is 13.0. The fourth-order valence-corrected chi connectivity index (χ4v) is 8.01. The van der Waals surface area contributed by atoms with Crippen LogP contribution in [0.5, 0.6) is 5.75 Å². The third-order valence-electron chi connectivity index (χ3n) is 12.1. The van der Waals surface area contributed by atoms with Crippen molar-refractivity contribution in [2.75, 3.05) is 68.8 Å². The molecule has 10 N–H and O–H groups in total. The maximum atomic E-state index is 13.3. The molecular formula is C48H66N10O12. The Morgan fingerprint density at radius 1 is 0.871 bits per heavy atom. The van der Waals surface area contributed by atoms with E-state index in [1.807, 2.05) is 12.3 Å². The normalized spacial score (nSPS) is 18.7. The van der Waals surface area contributed by atoms with Crippen LogP contribution in [0.1, 0.15) is 74.6 Å². The van der Waals surface area contributed by atoms with Crippen LogP contribution in [0.15, 0.2) is 48.7 Å².